The van der Waals surface area contributed by atoms with E-state index in [2.05, 4.69) is 4.98 Å². The highest BCUT2D eigenvalue weighted by Crippen LogP contribution is 2.36. The highest BCUT2D eigenvalue weighted by atomic mass is 35.5. The molecule has 0 bridgehead atoms. The maximum absolute atomic E-state index is 11.1. The fourth-order valence-corrected chi connectivity index (χ4v) is 2.04. The van der Waals surface area contributed by atoms with E-state index in [1.807, 2.05) is 0 Å². The molecule has 17 heavy (non-hydrogen) atoms. The van der Waals surface area contributed by atoms with Crippen LogP contribution in [0.4, 0.5) is 0 Å². The van der Waals surface area contributed by atoms with Crippen LogP contribution in [-0.4, -0.2) is 19.7 Å². The first-order chi connectivity index (χ1) is 7.97. The van der Waals surface area contributed by atoms with Gasteiger partial charge in [0.05, 0.1) is 23.0 Å². The third kappa shape index (κ3) is 2.78. The lowest BCUT2D eigenvalue weighted by molar-refractivity contribution is 0.492. The number of aromatic nitrogens is 1. The number of halogens is 1. The molecule has 1 heterocycles. The topological polar surface area (TPSA) is 69.4 Å². The Kier molecular flexibility index (Phi) is 3.08. The Morgan fingerprint density at radius 2 is 2.18 bits per heavy atom. The Balaban J connectivity index is 2.57. The van der Waals surface area contributed by atoms with Gasteiger partial charge in [0.2, 0.25) is 0 Å². The van der Waals surface area contributed by atoms with Crippen LogP contribution in [0.15, 0.2) is 35.2 Å². The van der Waals surface area contributed by atoms with Crippen LogP contribution < -0.4 is 4.18 Å². The summed E-state index contributed by atoms with van der Waals surface area (Å²) < 4.78 is 32.2. The van der Waals surface area contributed by atoms with Crippen LogP contribution in [0.1, 0.15) is 0 Å². The molecule has 0 saturated heterocycles. The first kappa shape index (κ1) is 11.9. The zero-order valence-electron chi connectivity index (χ0n) is 8.75. The Hall–Kier alpha value is -1.53. The molecule has 2 rings (SSSR count). The van der Waals surface area contributed by atoms with Gasteiger partial charge in [-0.3, -0.25) is 0 Å². The van der Waals surface area contributed by atoms with E-state index in [0.717, 1.165) is 6.26 Å². The van der Waals surface area contributed by atoms with Crippen molar-refractivity contribution in [3.8, 4) is 17.1 Å². The first-order valence-electron chi connectivity index (χ1n) is 4.54. The molecule has 0 amide bonds. The summed E-state index contributed by atoms with van der Waals surface area (Å²) >= 11 is 5.99. The summed E-state index contributed by atoms with van der Waals surface area (Å²) in [4.78, 5) is 3.75. The van der Waals surface area contributed by atoms with Crippen molar-refractivity contribution in [2.24, 2.45) is 0 Å². The number of oxazole rings is 1. The number of hydrogen-bond acceptors (Lipinski definition) is 5. The van der Waals surface area contributed by atoms with Crippen molar-refractivity contribution < 1.29 is 17.0 Å². The van der Waals surface area contributed by atoms with Crippen LogP contribution in [0.3, 0.4) is 0 Å². The smallest absolute Gasteiger partial charge is 0.306 e. The van der Waals surface area contributed by atoms with Gasteiger partial charge >= 0.3 is 10.1 Å². The molecule has 0 aliphatic heterocycles. The van der Waals surface area contributed by atoms with E-state index in [1.165, 1.54) is 18.7 Å². The van der Waals surface area contributed by atoms with E-state index >= 15 is 0 Å². The fourth-order valence-electron chi connectivity index (χ4n) is 1.32. The second-order valence-corrected chi connectivity index (χ2v) is 5.25. The molecule has 7 heteroatoms. The van der Waals surface area contributed by atoms with Gasteiger partial charge in [0.15, 0.2) is 17.9 Å². The SMILES string of the molecule is CS(=O)(=O)Oc1cccc(Cl)c1-c1cnco1. The molecule has 0 fully saturated rings. The van der Waals surface area contributed by atoms with Gasteiger partial charge in [-0.25, -0.2) is 4.98 Å². The molecule has 0 aliphatic carbocycles. The van der Waals surface area contributed by atoms with Gasteiger partial charge in [0.25, 0.3) is 0 Å². The lowest BCUT2D eigenvalue weighted by atomic mass is 10.1. The van der Waals surface area contributed by atoms with Crippen molar-refractivity contribution in [2.45, 2.75) is 0 Å². The maximum Gasteiger partial charge on any atom is 0.306 e. The Bertz CT molecular complexity index is 622. The first-order valence-corrected chi connectivity index (χ1v) is 6.73. The number of nitrogens with zero attached hydrogens (tertiary/aromatic N) is 1. The lowest BCUT2D eigenvalue weighted by Crippen LogP contribution is -2.06. The van der Waals surface area contributed by atoms with Gasteiger partial charge in [0.1, 0.15) is 0 Å². The van der Waals surface area contributed by atoms with Gasteiger partial charge in [-0.1, -0.05) is 17.7 Å². The van der Waals surface area contributed by atoms with E-state index in [4.69, 9.17) is 20.2 Å². The van der Waals surface area contributed by atoms with Crippen molar-refractivity contribution in [1.29, 1.82) is 0 Å². The predicted molar refractivity (Wildman–Crippen MR) is 62.4 cm³/mol. The normalized spacial score (nSPS) is 11.4. The molecular weight excluding hydrogens is 266 g/mol. The van der Waals surface area contributed by atoms with E-state index in [9.17, 15) is 8.42 Å². The third-order valence-electron chi connectivity index (χ3n) is 1.90. The van der Waals surface area contributed by atoms with Gasteiger partial charge < -0.3 is 8.60 Å². The molecular formula is C10H8ClNO4S. The second kappa shape index (κ2) is 4.38. The van der Waals surface area contributed by atoms with Crippen LogP contribution in [0.2, 0.25) is 5.02 Å². The van der Waals surface area contributed by atoms with Gasteiger partial charge in [0, 0.05) is 0 Å². The van der Waals surface area contributed by atoms with Gasteiger partial charge in [-0.15, -0.1) is 0 Å². The molecule has 0 unspecified atom stereocenters. The molecule has 2 aromatic rings. The molecule has 0 saturated carbocycles. The third-order valence-corrected chi connectivity index (χ3v) is 2.69. The van der Waals surface area contributed by atoms with Crippen molar-refractivity contribution in [3.05, 3.63) is 35.8 Å². The molecule has 5 nitrogen and oxygen atoms in total. The summed E-state index contributed by atoms with van der Waals surface area (Å²) in [6.07, 6.45) is 3.61. The maximum atomic E-state index is 11.1. The Morgan fingerprint density at radius 1 is 1.41 bits per heavy atom. The van der Waals surface area contributed by atoms with Crippen molar-refractivity contribution >= 4 is 21.7 Å². The number of hydrogen-bond donors (Lipinski definition) is 0. The van der Waals surface area contributed by atoms with Crippen LogP contribution in [0.5, 0.6) is 5.75 Å². The molecule has 0 atom stereocenters. The molecule has 1 aromatic heterocycles. The standard InChI is InChI=1S/C10H8ClNO4S/c1-17(13,14)16-8-4-2-3-7(11)10(8)9-5-12-6-15-9/h2-6H,1H3. The minimum atomic E-state index is -3.63. The summed E-state index contributed by atoms with van der Waals surface area (Å²) in [5.74, 6) is 0.450. The summed E-state index contributed by atoms with van der Waals surface area (Å²) in [6, 6.07) is 4.68. The van der Waals surface area contributed by atoms with Crippen LogP contribution >= 0.6 is 11.6 Å². The zero-order valence-corrected chi connectivity index (χ0v) is 10.3. The Morgan fingerprint density at radius 3 is 2.76 bits per heavy atom. The van der Waals surface area contributed by atoms with Crippen LogP contribution in [0.25, 0.3) is 11.3 Å². The van der Waals surface area contributed by atoms with E-state index in [0.29, 0.717) is 16.3 Å². The number of rotatable bonds is 3. The monoisotopic (exact) mass is 273 g/mol. The summed E-state index contributed by atoms with van der Waals surface area (Å²) in [5.41, 5.74) is 0.358. The predicted octanol–water partition coefficient (Wildman–Crippen LogP) is 2.33. The fraction of sp³-hybridized carbons (Fsp3) is 0.100. The molecule has 90 valence electrons. The summed E-state index contributed by atoms with van der Waals surface area (Å²) in [6.45, 7) is 0. The molecule has 0 aliphatic rings. The van der Waals surface area contributed by atoms with E-state index < -0.39 is 10.1 Å². The van der Waals surface area contributed by atoms with Crippen LogP contribution in [0, 0.1) is 0 Å². The highest BCUT2D eigenvalue weighted by molar-refractivity contribution is 7.86. The average molecular weight is 274 g/mol. The minimum absolute atomic E-state index is 0.108. The molecule has 1 aromatic carbocycles. The van der Waals surface area contributed by atoms with Gasteiger partial charge in [-0.2, -0.15) is 8.42 Å². The van der Waals surface area contributed by atoms with Gasteiger partial charge in [-0.05, 0) is 12.1 Å². The van der Waals surface area contributed by atoms with Crippen LogP contribution in [-0.2, 0) is 10.1 Å². The average Bonchev–Trinajstić information content (AvgIpc) is 2.68. The molecule has 0 radical (unpaired) electrons. The van der Waals surface area contributed by atoms with E-state index in [-0.39, 0.29) is 5.75 Å². The minimum Gasteiger partial charge on any atom is -0.443 e. The summed E-state index contributed by atoms with van der Waals surface area (Å²) in [7, 11) is -3.63. The van der Waals surface area contributed by atoms with Crippen molar-refractivity contribution in [3.63, 3.8) is 0 Å². The zero-order chi connectivity index (χ0) is 12.5. The second-order valence-electron chi connectivity index (χ2n) is 3.27. The van der Waals surface area contributed by atoms with Crippen molar-refractivity contribution in [1.82, 2.24) is 4.98 Å². The lowest BCUT2D eigenvalue weighted by Gasteiger charge is -2.08. The quantitative estimate of drug-likeness (QED) is 0.803. The largest absolute Gasteiger partial charge is 0.443 e. The highest BCUT2D eigenvalue weighted by Gasteiger charge is 2.16. The molecule has 0 spiro atoms. The summed E-state index contributed by atoms with van der Waals surface area (Å²) in [5, 5.41) is 0.322. The Labute approximate surface area is 103 Å². The van der Waals surface area contributed by atoms with E-state index in [1.54, 1.807) is 12.1 Å². The van der Waals surface area contributed by atoms with Crippen molar-refractivity contribution in [2.75, 3.05) is 6.26 Å². The molecule has 0 N–H and O–H groups in total. The number of benzene rings is 1.